The lowest BCUT2D eigenvalue weighted by Gasteiger charge is -2.30. The van der Waals surface area contributed by atoms with Crippen molar-refractivity contribution in [1.29, 1.82) is 0 Å². The number of rotatable bonds is 5. The minimum Gasteiger partial charge on any atom is -0.454 e. The van der Waals surface area contributed by atoms with Crippen LogP contribution in [0.3, 0.4) is 0 Å². The van der Waals surface area contributed by atoms with Crippen molar-refractivity contribution in [2.45, 2.75) is 63.8 Å². The summed E-state index contributed by atoms with van der Waals surface area (Å²) in [5, 5.41) is 0. The Hall–Kier alpha value is -0.416. The van der Waals surface area contributed by atoms with E-state index in [0.717, 1.165) is 0 Å². The first kappa shape index (κ1) is 16.0. The molecular formula is C12H26N2O4Si2. The molecule has 0 amide bonds. The average molecular weight is 319 g/mol. The molecule has 2 aliphatic heterocycles. The third-order valence-corrected chi connectivity index (χ3v) is 4.98. The quantitative estimate of drug-likeness (QED) is 0.777. The van der Waals surface area contributed by atoms with E-state index in [2.05, 4.69) is 44.3 Å². The first-order valence-electron chi connectivity index (χ1n) is 7.02. The van der Waals surface area contributed by atoms with Gasteiger partial charge in [0.05, 0.1) is 6.61 Å². The lowest BCUT2D eigenvalue weighted by atomic mass is 10.1. The van der Waals surface area contributed by atoms with Crippen LogP contribution in [0.4, 0.5) is 0 Å². The van der Waals surface area contributed by atoms with Crippen LogP contribution in [0.25, 0.3) is 0 Å². The summed E-state index contributed by atoms with van der Waals surface area (Å²) in [4.78, 5) is 4.17. The Balaban J connectivity index is 2.05. The Morgan fingerprint density at radius 2 is 1.80 bits per heavy atom. The highest BCUT2D eigenvalue weighted by molar-refractivity contribution is 6.70. The molecule has 1 saturated heterocycles. The van der Waals surface area contributed by atoms with Gasteiger partial charge in [0.15, 0.2) is 29.0 Å². The zero-order chi connectivity index (χ0) is 15.1. The number of aliphatic imine (C=N–C) groups is 1. The first-order valence-corrected chi connectivity index (χ1v) is 13.8. The summed E-state index contributed by atoms with van der Waals surface area (Å²) < 4.78 is 23.7. The minimum absolute atomic E-state index is 0.139. The Labute approximate surface area is 122 Å². The summed E-state index contributed by atoms with van der Waals surface area (Å²) in [5.41, 5.74) is 5.62. The van der Waals surface area contributed by atoms with E-state index in [-0.39, 0.29) is 30.6 Å². The van der Waals surface area contributed by atoms with Crippen molar-refractivity contribution in [2.75, 3.05) is 6.61 Å². The van der Waals surface area contributed by atoms with Crippen molar-refractivity contribution >= 4 is 22.7 Å². The molecule has 0 spiro atoms. The van der Waals surface area contributed by atoms with Gasteiger partial charge in [-0.3, -0.25) is 0 Å². The molecule has 2 N–H and O–H groups in total. The molecule has 0 unspecified atom stereocenters. The van der Waals surface area contributed by atoms with Gasteiger partial charge in [0.25, 0.3) is 6.02 Å². The second kappa shape index (κ2) is 5.41. The number of hydrogen-bond donors (Lipinski definition) is 1. The molecule has 4 atom stereocenters. The Bertz CT molecular complexity index is 392. The largest absolute Gasteiger partial charge is 0.454 e. The Morgan fingerprint density at radius 1 is 1.15 bits per heavy atom. The summed E-state index contributed by atoms with van der Waals surface area (Å²) in [7, 11) is -3.31. The fraction of sp³-hybridized carbons (Fsp3) is 0.917. The lowest BCUT2D eigenvalue weighted by Crippen LogP contribution is -2.46. The molecule has 0 aliphatic carbocycles. The standard InChI is InChI=1S/C12H26N2O4Si2/c1-19(2,3)15-7-8-9(18-20(4,5)6)10-11(16-8)14-12(13)17-10/h8-11H,7H2,1-6H3,(H2,13,14)/t8-,9-,10+,11-/m1/s1. The zero-order valence-corrected chi connectivity index (χ0v) is 15.2. The summed E-state index contributed by atoms with van der Waals surface area (Å²) >= 11 is 0. The molecule has 20 heavy (non-hydrogen) atoms. The second-order valence-corrected chi connectivity index (χ2v) is 16.2. The van der Waals surface area contributed by atoms with Crippen LogP contribution in [0.5, 0.6) is 0 Å². The van der Waals surface area contributed by atoms with Gasteiger partial charge in [0.1, 0.15) is 12.2 Å². The van der Waals surface area contributed by atoms with E-state index in [9.17, 15) is 0 Å². The molecule has 2 heterocycles. The molecule has 6 nitrogen and oxygen atoms in total. The molecule has 2 rings (SSSR count). The molecule has 0 aromatic heterocycles. The van der Waals surface area contributed by atoms with Crippen LogP contribution in [-0.2, 0) is 18.3 Å². The number of nitrogens with zero attached hydrogens (tertiary/aromatic N) is 1. The van der Waals surface area contributed by atoms with Crippen molar-refractivity contribution in [3.05, 3.63) is 0 Å². The fourth-order valence-corrected chi connectivity index (χ4v) is 4.02. The normalized spacial score (nSPS) is 33.8. The van der Waals surface area contributed by atoms with Crippen LogP contribution in [0.2, 0.25) is 39.3 Å². The highest BCUT2D eigenvalue weighted by Gasteiger charge is 2.51. The minimum atomic E-state index is -1.72. The SMILES string of the molecule is C[Si](C)(C)OC[C@H]1O[C@H]2N=C(N)O[C@H]2[C@@H]1O[Si](C)(C)C. The van der Waals surface area contributed by atoms with Crippen LogP contribution in [0.1, 0.15) is 0 Å². The molecule has 0 saturated carbocycles. The molecule has 8 heteroatoms. The maximum atomic E-state index is 6.23. The predicted molar refractivity (Wildman–Crippen MR) is 82.7 cm³/mol. The third kappa shape index (κ3) is 4.04. The number of ether oxygens (including phenoxy) is 2. The monoisotopic (exact) mass is 318 g/mol. The van der Waals surface area contributed by atoms with Crippen LogP contribution in [0, 0.1) is 0 Å². The maximum Gasteiger partial charge on any atom is 0.285 e. The molecule has 116 valence electrons. The van der Waals surface area contributed by atoms with Gasteiger partial charge in [-0.2, -0.15) is 4.99 Å². The highest BCUT2D eigenvalue weighted by Crippen LogP contribution is 2.33. The van der Waals surface area contributed by atoms with Gasteiger partial charge in [0, 0.05) is 0 Å². The van der Waals surface area contributed by atoms with Crippen LogP contribution in [0.15, 0.2) is 4.99 Å². The van der Waals surface area contributed by atoms with Crippen molar-refractivity contribution < 1.29 is 18.3 Å². The number of fused-ring (bicyclic) bond motifs is 1. The maximum absolute atomic E-state index is 6.23. The van der Waals surface area contributed by atoms with Crippen molar-refractivity contribution in [1.82, 2.24) is 0 Å². The van der Waals surface area contributed by atoms with Gasteiger partial charge >= 0.3 is 0 Å². The average Bonchev–Trinajstić information content (AvgIpc) is 2.71. The fourth-order valence-electron chi connectivity index (χ4n) is 2.25. The van der Waals surface area contributed by atoms with Gasteiger partial charge in [-0.15, -0.1) is 0 Å². The summed E-state index contributed by atoms with van der Waals surface area (Å²) in [5.74, 6) is 0. The van der Waals surface area contributed by atoms with E-state index in [1.54, 1.807) is 0 Å². The predicted octanol–water partition coefficient (Wildman–Crippen LogP) is 1.50. The van der Waals surface area contributed by atoms with Gasteiger partial charge in [0.2, 0.25) is 0 Å². The highest BCUT2D eigenvalue weighted by atomic mass is 28.4. The van der Waals surface area contributed by atoms with Crippen LogP contribution in [-0.4, -0.2) is 53.8 Å². The number of amidine groups is 1. The van der Waals surface area contributed by atoms with Crippen molar-refractivity contribution in [3.63, 3.8) is 0 Å². The second-order valence-electron chi connectivity index (χ2n) is 7.23. The summed E-state index contributed by atoms with van der Waals surface area (Å²) in [6, 6.07) is 0.189. The van der Waals surface area contributed by atoms with E-state index in [1.807, 2.05) is 0 Å². The smallest absolute Gasteiger partial charge is 0.285 e. The molecule has 1 fully saturated rings. The van der Waals surface area contributed by atoms with E-state index in [1.165, 1.54) is 0 Å². The topological polar surface area (TPSA) is 75.3 Å². The van der Waals surface area contributed by atoms with E-state index < -0.39 is 16.6 Å². The van der Waals surface area contributed by atoms with Crippen LogP contribution < -0.4 is 5.73 Å². The van der Waals surface area contributed by atoms with Crippen molar-refractivity contribution in [2.24, 2.45) is 10.7 Å². The molecule has 0 aromatic carbocycles. The van der Waals surface area contributed by atoms with Crippen LogP contribution >= 0.6 is 0 Å². The summed E-state index contributed by atoms with van der Waals surface area (Å²) in [6.45, 7) is 13.4. The molecule has 0 radical (unpaired) electrons. The van der Waals surface area contributed by atoms with Gasteiger partial charge in [-0.05, 0) is 39.3 Å². The van der Waals surface area contributed by atoms with E-state index >= 15 is 0 Å². The molecule has 0 bridgehead atoms. The molecule has 2 aliphatic rings. The van der Waals surface area contributed by atoms with E-state index in [0.29, 0.717) is 6.61 Å². The molecular weight excluding hydrogens is 292 g/mol. The third-order valence-electron chi connectivity index (χ3n) is 2.97. The Morgan fingerprint density at radius 3 is 2.35 bits per heavy atom. The molecule has 0 aromatic rings. The summed E-state index contributed by atoms with van der Waals surface area (Å²) in [6.07, 6.45) is -0.892. The van der Waals surface area contributed by atoms with Crippen molar-refractivity contribution in [3.8, 4) is 0 Å². The Kier molecular flexibility index (Phi) is 4.32. The van der Waals surface area contributed by atoms with E-state index in [4.69, 9.17) is 24.1 Å². The number of nitrogens with two attached hydrogens (primary N) is 1. The number of hydrogen-bond acceptors (Lipinski definition) is 6. The van der Waals surface area contributed by atoms with Gasteiger partial charge in [-0.25, -0.2) is 0 Å². The zero-order valence-electron chi connectivity index (χ0n) is 13.2. The lowest BCUT2D eigenvalue weighted by molar-refractivity contribution is -0.0109. The first-order chi connectivity index (χ1) is 9.05. The van der Waals surface area contributed by atoms with Gasteiger partial charge < -0.3 is 24.1 Å². The van der Waals surface area contributed by atoms with Gasteiger partial charge in [-0.1, -0.05) is 0 Å².